The Morgan fingerprint density at radius 3 is 2.60 bits per heavy atom. The summed E-state index contributed by atoms with van der Waals surface area (Å²) in [5, 5.41) is 0.0603. The summed E-state index contributed by atoms with van der Waals surface area (Å²) in [6, 6.07) is 17.4. The largest absolute Gasteiger partial charge is 0.492 e. The van der Waals surface area contributed by atoms with Gasteiger partial charge in [-0.05, 0) is 49.7 Å². The molecule has 1 aromatic heterocycles. The number of aryl methyl sites for hydroxylation is 1. The van der Waals surface area contributed by atoms with Crippen molar-refractivity contribution in [3.8, 4) is 5.75 Å². The van der Waals surface area contributed by atoms with Crippen molar-refractivity contribution in [3.63, 3.8) is 0 Å². The third-order valence-corrected chi connectivity index (χ3v) is 8.86. The van der Waals surface area contributed by atoms with Gasteiger partial charge in [0, 0.05) is 43.5 Å². The van der Waals surface area contributed by atoms with Crippen molar-refractivity contribution in [3.05, 3.63) is 72.2 Å². The molecule has 35 heavy (non-hydrogen) atoms. The lowest BCUT2D eigenvalue weighted by atomic mass is 9.82. The lowest BCUT2D eigenvalue weighted by molar-refractivity contribution is 0.0502. The molecule has 1 N–H and O–H groups in total. The highest BCUT2D eigenvalue weighted by Gasteiger charge is 2.38. The highest BCUT2D eigenvalue weighted by molar-refractivity contribution is 7.89. The van der Waals surface area contributed by atoms with Gasteiger partial charge in [0.25, 0.3) is 10.0 Å². The molecule has 2 fully saturated rings. The van der Waals surface area contributed by atoms with Gasteiger partial charge >= 0.3 is 0 Å². The topological polar surface area (TPSA) is 79.7 Å². The highest BCUT2D eigenvalue weighted by Crippen LogP contribution is 2.41. The molecule has 0 saturated carbocycles. The van der Waals surface area contributed by atoms with Crippen LogP contribution in [0.25, 0.3) is 0 Å². The Balaban J connectivity index is 1.19. The molecule has 0 radical (unpaired) electrons. The van der Waals surface area contributed by atoms with Gasteiger partial charge in [0.2, 0.25) is 0 Å². The first-order valence-corrected chi connectivity index (χ1v) is 13.7. The monoisotopic (exact) mass is 493 g/mol. The minimum absolute atomic E-state index is 0.0603. The van der Waals surface area contributed by atoms with Crippen LogP contribution in [0, 0.1) is 0 Å². The number of aromatic nitrogens is 2. The van der Waals surface area contributed by atoms with Gasteiger partial charge in [0.15, 0.2) is 5.03 Å². The molecule has 8 nitrogen and oxygen atoms in total. The molecule has 2 saturated heterocycles. The van der Waals surface area contributed by atoms with Gasteiger partial charge in [-0.25, -0.2) is 18.1 Å². The fraction of sp³-hybridized carbons (Fsp3) is 0.423. The van der Waals surface area contributed by atoms with Gasteiger partial charge in [-0.2, -0.15) is 0 Å². The summed E-state index contributed by atoms with van der Waals surface area (Å²) in [6.07, 6.45) is 5.25. The molecule has 2 aromatic carbocycles. The average Bonchev–Trinajstić information content (AvgIpc) is 3.24. The van der Waals surface area contributed by atoms with E-state index in [2.05, 4.69) is 68.0 Å². The number of ether oxygens (including phenoxy) is 1. The maximum Gasteiger partial charge on any atom is 0.259 e. The predicted molar refractivity (Wildman–Crippen MR) is 134 cm³/mol. The Bertz CT molecular complexity index is 1300. The molecular formula is C26H31N5O3S. The van der Waals surface area contributed by atoms with Crippen molar-refractivity contribution in [2.45, 2.75) is 35.9 Å². The molecule has 0 unspecified atom stereocenters. The summed E-state index contributed by atoms with van der Waals surface area (Å²) in [5.74, 6) is 1.33. The molecule has 0 bridgehead atoms. The van der Waals surface area contributed by atoms with E-state index in [1.165, 1.54) is 30.1 Å². The zero-order valence-corrected chi connectivity index (χ0v) is 20.7. The van der Waals surface area contributed by atoms with E-state index in [0.29, 0.717) is 25.0 Å². The third kappa shape index (κ3) is 4.44. The maximum absolute atomic E-state index is 12.6. The lowest BCUT2D eigenvalue weighted by Crippen LogP contribution is -2.59. The van der Waals surface area contributed by atoms with Crippen molar-refractivity contribution < 1.29 is 13.2 Å². The summed E-state index contributed by atoms with van der Waals surface area (Å²) in [6.45, 7) is 4.26. The molecule has 0 aliphatic carbocycles. The van der Waals surface area contributed by atoms with Crippen LogP contribution in [-0.4, -0.2) is 67.7 Å². The van der Waals surface area contributed by atoms with Gasteiger partial charge in [0.05, 0.1) is 18.4 Å². The predicted octanol–water partition coefficient (Wildman–Crippen LogP) is 2.38. The molecule has 9 heteroatoms. The molecular weight excluding hydrogens is 462 g/mol. The molecule has 3 aliphatic rings. The Morgan fingerprint density at radius 2 is 1.91 bits per heavy atom. The summed E-state index contributed by atoms with van der Waals surface area (Å²) < 4.78 is 35.9. The second-order valence-electron chi connectivity index (χ2n) is 9.89. The first kappa shape index (κ1) is 22.6. The average molecular weight is 494 g/mol. The van der Waals surface area contributed by atoms with Gasteiger partial charge in [-0.3, -0.25) is 4.90 Å². The highest BCUT2D eigenvalue weighted by atomic mass is 32.2. The third-order valence-electron chi connectivity index (χ3n) is 7.45. The number of hydrogen-bond donors (Lipinski definition) is 1. The summed E-state index contributed by atoms with van der Waals surface area (Å²) in [7, 11) is -1.85. The SMILES string of the molecule is Cn1cnc(S(=O)(=O)NC2CN(c3ccc4c(c3)[C@H](Cc3ccccc3)[C@H](N3CCC3)CO4)C2)c1. The molecule has 3 aliphatic heterocycles. The van der Waals surface area contributed by atoms with E-state index in [1.54, 1.807) is 11.6 Å². The van der Waals surface area contributed by atoms with E-state index in [1.807, 2.05) is 0 Å². The number of fused-ring (bicyclic) bond motifs is 1. The van der Waals surface area contributed by atoms with Crippen LogP contribution in [0.5, 0.6) is 5.75 Å². The fourth-order valence-electron chi connectivity index (χ4n) is 5.37. The van der Waals surface area contributed by atoms with E-state index in [4.69, 9.17) is 4.74 Å². The first-order chi connectivity index (χ1) is 17.0. The maximum atomic E-state index is 12.6. The number of imidazole rings is 1. The standard InChI is InChI=1S/C26H31N5O3S/c1-29-16-26(27-18-29)35(32,33)28-20-14-31(15-20)21-8-9-25-23(13-21)22(12-19-6-3-2-4-7-19)24(17-34-25)30-10-5-11-30/h2-4,6-9,13,16,18,20,22,24,28H,5,10-12,14-15,17H2,1H3/t22-,24+/m0/s1. The Labute approximate surface area is 206 Å². The van der Waals surface area contributed by atoms with Crippen LogP contribution in [0.15, 0.2) is 66.1 Å². The summed E-state index contributed by atoms with van der Waals surface area (Å²) in [5.41, 5.74) is 3.71. The van der Waals surface area contributed by atoms with E-state index < -0.39 is 10.0 Å². The molecule has 2 atom stereocenters. The number of rotatable bonds is 7. The van der Waals surface area contributed by atoms with Crippen LogP contribution in [0.1, 0.15) is 23.5 Å². The first-order valence-electron chi connectivity index (χ1n) is 12.3. The van der Waals surface area contributed by atoms with E-state index in [0.717, 1.165) is 37.6 Å². The van der Waals surface area contributed by atoms with E-state index in [9.17, 15) is 8.42 Å². The number of sulfonamides is 1. The van der Waals surface area contributed by atoms with Crippen molar-refractivity contribution in [2.75, 3.05) is 37.7 Å². The fourth-order valence-corrected chi connectivity index (χ4v) is 6.57. The Kier molecular flexibility index (Phi) is 5.78. The number of benzene rings is 2. The van der Waals surface area contributed by atoms with Crippen LogP contribution >= 0.6 is 0 Å². The molecule has 0 amide bonds. The van der Waals surface area contributed by atoms with Crippen LogP contribution in [-0.2, 0) is 23.5 Å². The van der Waals surface area contributed by atoms with Gasteiger partial charge in [0.1, 0.15) is 12.4 Å². The Hall–Kier alpha value is -2.88. The molecule has 0 spiro atoms. The second kappa shape index (κ2) is 8.96. The number of nitrogens with one attached hydrogen (secondary N) is 1. The lowest BCUT2D eigenvalue weighted by Gasteiger charge is -2.46. The zero-order chi connectivity index (χ0) is 24.0. The van der Waals surface area contributed by atoms with Crippen LogP contribution in [0.2, 0.25) is 0 Å². The van der Waals surface area contributed by atoms with Crippen molar-refractivity contribution in [1.82, 2.24) is 19.2 Å². The van der Waals surface area contributed by atoms with Crippen molar-refractivity contribution >= 4 is 15.7 Å². The normalized spacial score (nSPS) is 22.7. The minimum atomic E-state index is -3.61. The molecule has 3 aromatic rings. The minimum Gasteiger partial charge on any atom is -0.492 e. The van der Waals surface area contributed by atoms with Crippen LogP contribution in [0.3, 0.4) is 0 Å². The van der Waals surface area contributed by atoms with Crippen molar-refractivity contribution in [2.24, 2.45) is 7.05 Å². The number of likely N-dealkylation sites (tertiary alicyclic amines) is 1. The number of anilines is 1. The van der Waals surface area contributed by atoms with E-state index >= 15 is 0 Å². The quantitative estimate of drug-likeness (QED) is 0.545. The van der Waals surface area contributed by atoms with Gasteiger partial charge in [-0.15, -0.1) is 0 Å². The van der Waals surface area contributed by atoms with Crippen LogP contribution < -0.4 is 14.4 Å². The van der Waals surface area contributed by atoms with E-state index in [-0.39, 0.29) is 11.1 Å². The number of nitrogens with zero attached hydrogens (tertiary/aromatic N) is 4. The van der Waals surface area contributed by atoms with Gasteiger partial charge in [-0.1, -0.05) is 30.3 Å². The van der Waals surface area contributed by atoms with Crippen molar-refractivity contribution in [1.29, 1.82) is 0 Å². The Morgan fingerprint density at radius 1 is 1.11 bits per heavy atom. The van der Waals surface area contributed by atoms with Crippen LogP contribution in [0.4, 0.5) is 5.69 Å². The number of hydrogen-bond acceptors (Lipinski definition) is 6. The molecule has 184 valence electrons. The second-order valence-corrected chi connectivity index (χ2v) is 11.5. The molecule has 6 rings (SSSR count). The smallest absolute Gasteiger partial charge is 0.259 e. The molecule has 4 heterocycles. The summed E-state index contributed by atoms with van der Waals surface area (Å²) >= 11 is 0. The zero-order valence-electron chi connectivity index (χ0n) is 19.9. The van der Waals surface area contributed by atoms with Gasteiger partial charge < -0.3 is 14.2 Å². The summed E-state index contributed by atoms with van der Waals surface area (Å²) in [4.78, 5) is 8.75.